The smallest absolute Gasteiger partial charge is 0.162 e. The van der Waals surface area contributed by atoms with E-state index >= 15 is 0 Å². The van der Waals surface area contributed by atoms with Gasteiger partial charge in [-0.15, -0.1) is 0 Å². The summed E-state index contributed by atoms with van der Waals surface area (Å²) in [5, 5.41) is 14.6. The van der Waals surface area contributed by atoms with Crippen molar-refractivity contribution < 1.29 is 9.84 Å². The highest BCUT2D eigenvalue weighted by atomic mass is 16.5. The molecule has 5 heteroatoms. The molecule has 0 radical (unpaired) electrons. The summed E-state index contributed by atoms with van der Waals surface area (Å²) >= 11 is 0. The summed E-state index contributed by atoms with van der Waals surface area (Å²) in [6.07, 6.45) is 4.54. The molecule has 0 aliphatic heterocycles. The topological polar surface area (TPSA) is 50.5 Å². The molecule has 1 heterocycles. The van der Waals surface area contributed by atoms with Gasteiger partial charge < -0.3 is 14.7 Å². The molecule has 0 saturated heterocycles. The monoisotopic (exact) mass is 253 g/mol. The van der Waals surface area contributed by atoms with Crippen LogP contribution < -0.4 is 4.74 Å². The van der Waals surface area contributed by atoms with Crippen molar-refractivity contribution in [1.82, 2.24) is 14.7 Å². The molecule has 1 fully saturated rings. The lowest BCUT2D eigenvalue weighted by Gasteiger charge is -2.16. The number of aliphatic hydroxyl groups excluding tert-OH is 1. The summed E-state index contributed by atoms with van der Waals surface area (Å²) < 4.78 is 7.17. The van der Waals surface area contributed by atoms with Crippen molar-refractivity contribution in [2.24, 2.45) is 5.92 Å². The fourth-order valence-electron chi connectivity index (χ4n) is 2.12. The summed E-state index contributed by atoms with van der Waals surface area (Å²) in [7, 11) is 5.68. The van der Waals surface area contributed by atoms with Gasteiger partial charge in [0.2, 0.25) is 0 Å². The normalized spacial score (nSPS) is 17.2. The first-order valence-corrected chi connectivity index (χ1v) is 6.54. The van der Waals surface area contributed by atoms with Gasteiger partial charge in [0, 0.05) is 6.54 Å². The van der Waals surface area contributed by atoms with Gasteiger partial charge in [0.15, 0.2) is 5.75 Å². The SMILES string of the molecule is COc1cnn(CCN(C)C)c1C(O)CC1CC1. The van der Waals surface area contributed by atoms with Gasteiger partial charge >= 0.3 is 0 Å². The van der Waals surface area contributed by atoms with Crippen molar-refractivity contribution in [3.63, 3.8) is 0 Å². The number of hydrogen-bond donors (Lipinski definition) is 1. The van der Waals surface area contributed by atoms with E-state index < -0.39 is 6.10 Å². The Bertz CT molecular complexity index is 386. The molecule has 1 N–H and O–H groups in total. The first-order valence-electron chi connectivity index (χ1n) is 6.54. The highest BCUT2D eigenvalue weighted by Gasteiger charge is 2.28. The second-order valence-corrected chi connectivity index (χ2v) is 5.32. The van der Waals surface area contributed by atoms with Crippen molar-refractivity contribution in [3.8, 4) is 5.75 Å². The van der Waals surface area contributed by atoms with Crippen LogP contribution in [0.5, 0.6) is 5.75 Å². The number of hydrogen-bond acceptors (Lipinski definition) is 4. The Labute approximate surface area is 108 Å². The van der Waals surface area contributed by atoms with Gasteiger partial charge in [0.05, 0.1) is 26.0 Å². The van der Waals surface area contributed by atoms with Crippen molar-refractivity contribution in [1.29, 1.82) is 0 Å². The van der Waals surface area contributed by atoms with Gasteiger partial charge in [-0.2, -0.15) is 5.10 Å². The molecule has 102 valence electrons. The average molecular weight is 253 g/mol. The van der Waals surface area contributed by atoms with E-state index in [4.69, 9.17) is 4.74 Å². The third kappa shape index (κ3) is 3.23. The van der Waals surface area contributed by atoms with Crippen molar-refractivity contribution in [2.45, 2.75) is 31.9 Å². The lowest BCUT2D eigenvalue weighted by Crippen LogP contribution is -2.21. The van der Waals surface area contributed by atoms with Crippen LogP contribution in [0.4, 0.5) is 0 Å². The lowest BCUT2D eigenvalue weighted by atomic mass is 10.1. The summed E-state index contributed by atoms with van der Waals surface area (Å²) in [5.74, 6) is 1.38. The number of methoxy groups -OCH3 is 1. The minimum Gasteiger partial charge on any atom is -0.493 e. The second kappa shape index (κ2) is 5.71. The molecule has 1 aliphatic rings. The third-order valence-electron chi connectivity index (χ3n) is 3.39. The molecular formula is C13H23N3O2. The van der Waals surface area contributed by atoms with Crippen LogP contribution in [-0.2, 0) is 6.54 Å². The molecule has 1 unspecified atom stereocenters. The Hall–Kier alpha value is -1.07. The van der Waals surface area contributed by atoms with Crippen LogP contribution >= 0.6 is 0 Å². The van der Waals surface area contributed by atoms with E-state index in [2.05, 4.69) is 10.00 Å². The number of aliphatic hydroxyl groups is 1. The van der Waals surface area contributed by atoms with Crippen LogP contribution in [0.25, 0.3) is 0 Å². The molecule has 0 amide bonds. The van der Waals surface area contributed by atoms with Crippen LogP contribution in [-0.4, -0.2) is 47.5 Å². The molecule has 18 heavy (non-hydrogen) atoms. The number of likely N-dealkylation sites (N-methyl/N-ethyl adjacent to an activating group) is 1. The van der Waals surface area contributed by atoms with E-state index in [0.717, 1.165) is 25.2 Å². The van der Waals surface area contributed by atoms with E-state index in [0.29, 0.717) is 11.7 Å². The molecule has 1 atom stereocenters. The fourth-order valence-corrected chi connectivity index (χ4v) is 2.12. The van der Waals surface area contributed by atoms with Crippen LogP contribution in [0, 0.1) is 5.92 Å². The predicted molar refractivity (Wildman–Crippen MR) is 69.6 cm³/mol. The number of ether oxygens (including phenoxy) is 1. The minimum absolute atomic E-state index is 0.461. The maximum Gasteiger partial charge on any atom is 0.162 e. The van der Waals surface area contributed by atoms with E-state index in [1.165, 1.54) is 12.8 Å². The van der Waals surface area contributed by atoms with Gasteiger partial charge in [-0.3, -0.25) is 4.68 Å². The van der Waals surface area contributed by atoms with Gasteiger partial charge in [-0.25, -0.2) is 0 Å². The summed E-state index contributed by atoms with van der Waals surface area (Å²) in [6, 6.07) is 0. The highest BCUT2D eigenvalue weighted by Crippen LogP contribution is 2.39. The molecule has 1 aliphatic carbocycles. The van der Waals surface area contributed by atoms with E-state index in [-0.39, 0.29) is 0 Å². The second-order valence-electron chi connectivity index (χ2n) is 5.32. The molecule has 1 saturated carbocycles. The van der Waals surface area contributed by atoms with Crippen molar-refractivity contribution >= 4 is 0 Å². The number of aromatic nitrogens is 2. The van der Waals surface area contributed by atoms with Crippen molar-refractivity contribution in [2.75, 3.05) is 27.7 Å². The predicted octanol–water partition coefficient (Wildman–Crippen LogP) is 1.29. The Morgan fingerprint density at radius 2 is 2.28 bits per heavy atom. The zero-order valence-corrected chi connectivity index (χ0v) is 11.5. The first kappa shape index (κ1) is 13.4. The number of nitrogens with zero attached hydrogens (tertiary/aromatic N) is 3. The first-order chi connectivity index (χ1) is 8.61. The van der Waals surface area contributed by atoms with Crippen LogP contribution in [0.3, 0.4) is 0 Å². The van der Waals surface area contributed by atoms with Crippen molar-refractivity contribution in [3.05, 3.63) is 11.9 Å². The summed E-state index contributed by atoms with van der Waals surface area (Å²) in [5.41, 5.74) is 0.825. The van der Waals surface area contributed by atoms with Gasteiger partial charge in [0.1, 0.15) is 5.69 Å². The van der Waals surface area contributed by atoms with E-state index in [1.807, 2.05) is 18.8 Å². The summed E-state index contributed by atoms with van der Waals surface area (Å²) in [6.45, 7) is 1.67. The molecule has 1 aromatic heterocycles. The quantitative estimate of drug-likeness (QED) is 0.795. The van der Waals surface area contributed by atoms with E-state index in [9.17, 15) is 5.11 Å². The number of rotatable bonds is 7. The maximum absolute atomic E-state index is 10.3. The molecule has 0 bridgehead atoms. The molecule has 2 rings (SSSR count). The summed E-state index contributed by atoms with van der Waals surface area (Å²) in [4.78, 5) is 2.10. The Morgan fingerprint density at radius 1 is 1.56 bits per heavy atom. The largest absolute Gasteiger partial charge is 0.493 e. The average Bonchev–Trinajstić information content (AvgIpc) is 3.03. The van der Waals surface area contributed by atoms with Crippen LogP contribution in [0.1, 0.15) is 31.1 Å². The Morgan fingerprint density at radius 3 is 2.83 bits per heavy atom. The zero-order chi connectivity index (χ0) is 13.1. The fraction of sp³-hybridized carbons (Fsp3) is 0.769. The minimum atomic E-state index is -0.461. The standard InChI is InChI=1S/C13H23N3O2/c1-15(2)6-7-16-13(12(18-3)9-14-16)11(17)8-10-4-5-10/h9-11,17H,4-8H2,1-3H3. The van der Waals surface area contributed by atoms with Gasteiger partial charge in [0.25, 0.3) is 0 Å². The molecular weight excluding hydrogens is 230 g/mol. The van der Waals surface area contributed by atoms with E-state index in [1.54, 1.807) is 13.3 Å². The zero-order valence-electron chi connectivity index (χ0n) is 11.5. The lowest BCUT2D eigenvalue weighted by molar-refractivity contribution is 0.144. The highest BCUT2D eigenvalue weighted by molar-refractivity contribution is 5.27. The molecule has 1 aromatic rings. The maximum atomic E-state index is 10.3. The Balaban J connectivity index is 2.09. The molecule has 0 spiro atoms. The molecule has 5 nitrogen and oxygen atoms in total. The third-order valence-corrected chi connectivity index (χ3v) is 3.39. The van der Waals surface area contributed by atoms with Gasteiger partial charge in [-0.05, 0) is 26.4 Å². The van der Waals surface area contributed by atoms with Crippen LogP contribution in [0.2, 0.25) is 0 Å². The molecule has 0 aromatic carbocycles. The van der Waals surface area contributed by atoms with Gasteiger partial charge in [-0.1, -0.05) is 12.8 Å². The Kier molecular flexibility index (Phi) is 4.24. The van der Waals surface area contributed by atoms with Crippen LogP contribution in [0.15, 0.2) is 6.20 Å².